The first kappa shape index (κ1) is 20.8. The number of hydrogen-bond acceptors (Lipinski definition) is 7. The molecule has 0 unspecified atom stereocenters. The van der Waals surface area contributed by atoms with Crippen LogP contribution < -0.4 is 10.3 Å². The number of nitrogens with zero attached hydrogens (tertiary/aromatic N) is 4. The molecule has 168 valence electrons. The molecule has 0 radical (unpaired) electrons. The standard InChI is InChI=1S/C23H22N6O4/c30-19-7-6-16-22(28-19)29-23(27-16)18-12-24-17(11-25-18)14-3-8-20(26-10-14)33-15-4-1-13(2-5-15)9-21(31)32/h3,6-8,10-13,15H,1-2,4-5,9H2,(H,31,32)(H2,27,28,29,30). The number of hydrogen-bond donors (Lipinski definition) is 3. The third kappa shape index (κ3) is 4.74. The molecule has 0 aromatic carbocycles. The fourth-order valence-corrected chi connectivity index (χ4v) is 4.11. The Morgan fingerprint density at radius 3 is 2.45 bits per heavy atom. The van der Waals surface area contributed by atoms with Gasteiger partial charge in [-0.1, -0.05) is 0 Å². The lowest BCUT2D eigenvalue weighted by molar-refractivity contribution is -0.138. The van der Waals surface area contributed by atoms with Crippen molar-refractivity contribution in [2.45, 2.75) is 38.2 Å². The molecule has 0 bridgehead atoms. The van der Waals surface area contributed by atoms with Crippen LogP contribution >= 0.6 is 0 Å². The number of nitrogens with one attached hydrogen (secondary N) is 2. The van der Waals surface area contributed by atoms with Crippen molar-refractivity contribution in [3.05, 3.63) is 53.2 Å². The van der Waals surface area contributed by atoms with Crippen LogP contribution in [0.1, 0.15) is 32.1 Å². The highest BCUT2D eigenvalue weighted by Gasteiger charge is 2.24. The third-order valence-corrected chi connectivity index (χ3v) is 5.85. The summed E-state index contributed by atoms with van der Waals surface area (Å²) in [5.74, 6) is 0.565. The minimum Gasteiger partial charge on any atom is -0.481 e. The van der Waals surface area contributed by atoms with E-state index < -0.39 is 5.97 Å². The molecule has 4 heterocycles. The lowest BCUT2D eigenvalue weighted by atomic mass is 9.85. The largest absolute Gasteiger partial charge is 0.481 e. The first-order valence-electron chi connectivity index (χ1n) is 10.8. The molecule has 1 fully saturated rings. The zero-order valence-corrected chi connectivity index (χ0v) is 17.7. The van der Waals surface area contributed by atoms with E-state index in [1.54, 1.807) is 24.7 Å². The fourth-order valence-electron chi connectivity index (χ4n) is 4.11. The van der Waals surface area contributed by atoms with E-state index in [0.717, 1.165) is 31.2 Å². The van der Waals surface area contributed by atoms with E-state index in [2.05, 4.69) is 29.9 Å². The van der Waals surface area contributed by atoms with Crippen LogP contribution in [0, 0.1) is 5.92 Å². The van der Waals surface area contributed by atoms with E-state index >= 15 is 0 Å². The van der Waals surface area contributed by atoms with Crippen molar-refractivity contribution in [3.63, 3.8) is 0 Å². The SMILES string of the molecule is O=C(O)CC1CCC(Oc2ccc(-c3cnc(-c4nc5[nH]c(=O)ccc5[nH]4)cn3)cn2)CC1. The number of imidazole rings is 1. The van der Waals surface area contributed by atoms with Gasteiger partial charge in [0.15, 0.2) is 11.5 Å². The summed E-state index contributed by atoms with van der Waals surface area (Å²) in [5, 5.41) is 8.93. The number of carbonyl (C=O) groups is 1. The zero-order chi connectivity index (χ0) is 22.8. The van der Waals surface area contributed by atoms with E-state index in [4.69, 9.17) is 9.84 Å². The summed E-state index contributed by atoms with van der Waals surface area (Å²) >= 11 is 0. The van der Waals surface area contributed by atoms with Gasteiger partial charge in [-0.25, -0.2) is 15.0 Å². The summed E-state index contributed by atoms with van der Waals surface area (Å²) in [5.41, 5.74) is 3.00. The average molecular weight is 446 g/mol. The summed E-state index contributed by atoms with van der Waals surface area (Å²) in [6.07, 6.45) is 8.64. The molecule has 4 aromatic rings. The molecule has 10 nitrogen and oxygen atoms in total. The Labute approximate surface area is 188 Å². The third-order valence-electron chi connectivity index (χ3n) is 5.85. The second-order valence-electron chi connectivity index (χ2n) is 8.20. The maximum atomic E-state index is 11.4. The fraction of sp³-hybridized carbons (Fsp3) is 0.304. The Morgan fingerprint density at radius 2 is 1.76 bits per heavy atom. The number of pyridine rings is 2. The van der Waals surface area contributed by atoms with Crippen LogP contribution in [0.15, 0.2) is 47.7 Å². The van der Waals surface area contributed by atoms with Gasteiger partial charge in [-0.2, -0.15) is 0 Å². The van der Waals surface area contributed by atoms with Gasteiger partial charge in [0.05, 0.1) is 23.6 Å². The molecule has 1 aliphatic rings. The van der Waals surface area contributed by atoms with Crippen molar-refractivity contribution in [2.24, 2.45) is 5.92 Å². The lowest BCUT2D eigenvalue weighted by Gasteiger charge is -2.27. The van der Waals surface area contributed by atoms with Crippen molar-refractivity contribution < 1.29 is 14.6 Å². The number of fused-ring (bicyclic) bond motifs is 1. The number of carboxylic acid groups (broad SMARTS) is 1. The quantitative estimate of drug-likeness (QED) is 0.409. The maximum Gasteiger partial charge on any atom is 0.303 e. The Balaban J connectivity index is 1.23. The molecule has 0 spiro atoms. The summed E-state index contributed by atoms with van der Waals surface area (Å²) in [7, 11) is 0. The van der Waals surface area contributed by atoms with Crippen molar-refractivity contribution in [1.82, 2.24) is 29.9 Å². The molecule has 10 heteroatoms. The van der Waals surface area contributed by atoms with Crippen molar-refractivity contribution in [3.8, 4) is 28.7 Å². The lowest BCUT2D eigenvalue weighted by Crippen LogP contribution is -2.25. The summed E-state index contributed by atoms with van der Waals surface area (Å²) in [6.45, 7) is 0. The highest BCUT2D eigenvalue weighted by Crippen LogP contribution is 2.29. The van der Waals surface area contributed by atoms with Crippen molar-refractivity contribution >= 4 is 17.1 Å². The zero-order valence-electron chi connectivity index (χ0n) is 17.7. The van der Waals surface area contributed by atoms with Gasteiger partial charge in [-0.3, -0.25) is 14.6 Å². The summed E-state index contributed by atoms with van der Waals surface area (Å²) < 4.78 is 5.98. The molecule has 0 amide bonds. The summed E-state index contributed by atoms with van der Waals surface area (Å²) in [6, 6.07) is 6.80. The van der Waals surface area contributed by atoms with Crippen LogP contribution in [0.2, 0.25) is 0 Å². The average Bonchev–Trinajstić information content (AvgIpc) is 3.24. The number of aromatic amines is 2. The van der Waals surface area contributed by atoms with Gasteiger partial charge in [0.1, 0.15) is 11.8 Å². The van der Waals surface area contributed by atoms with Gasteiger partial charge in [0.2, 0.25) is 11.4 Å². The highest BCUT2D eigenvalue weighted by molar-refractivity contribution is 5.74. The molecule has 5 rings (SSSR count). The highest BCUT2D eigenvalue weighted by atomic mass is 16.5. The van der Waals surface area contributed by atoms with Gasteiger partial charge in [-0.05, 0) is 43.7 Å². The van der Waals surface area contributed by atoms with E-state index in [9.17, 15) is 9.59 Å². The molecule has 0 saturated heterocycles. The molecule has 33 heavy (non-hydrogen) atoms. The molecular weight excluding hydrogens is 424 g/mol. The van der Waals surface area contributed by atoms with E-state index in [0.29, 0.717) is 34.3 Å². The number of ether oxygens (including phenoxy) is 1. The number of carboxylic acids is 1. The van der Waals surface area contributed by atoms with Gasteiger partial charge in [0, 0.05) is 30.3 Å². The normalized spacial score (nSPS) is 18.3. The molecular formula is C23H22N6O4. The Kier molecular flexibility index (Phi) is 5.55. The van der Waals surface area contributed by atoms with Crippen molar-refractivity contribution in [2.75, 3.05) is 0 Å². The molecule has 0 atom stereocenters. The first-order valence-corrected chi connectivity index (χ1v) is 10.8. The van der Waals surface area contributed by atoms with E-state index in [1.165, 1.54) is 6.07 Å². The smallest absolute Gasteiger partial charge is 0.303 e. The topological polar surface area (TPSA) is 147 Å². The van der Waals surface area contributed by atoms with Crippen LogP contribution in [0.3, 0.4) is 0 Å². The molecule has 1 saturated carbocycles. The van der Waals surface area contributed by atoms with Crippen LogP contribution in [0.4, 0.5) is 0 Å². The van der Waals surface area contributed by atoms with Crippen LogP contribution in [0.5, 0.6) is 5.88 Å². The van der Waals surface area contributed by atoms with Crippen LogP contribution in [0.25, 0.3) is 33.9 Å². The molecule has 0 aliphatic heterocycles. The van der Waals surface area contributed by atoms with E-state index in [-0.39, 0.29) is 24.0 Å². The number of rotatable bonds is 6. The van der Waals surface area contributed by atoms with Gasteiger partial charge in [0.25, 0.3) is 0 Å². The number of aliphatic carboxylic acids is 1. The molecule has 3 N–H and O–H groups in total. The Morgan fingerprint density at radius 1 is 0.970 bits per heavy atom. The second-order valence-corrected chi connectivity index (χ2v) is 8.20. The summed E-state index contributed by atoms with van der Waals surface area (Å²) in [4.78, 5) is 45.8. The first-order chi connectivity index (χ1) is 16.0. The predicted molar refractivity (Wildman–Crippen MR) is 120 cm³/mol. The molecule has 1 aliphatic carbocycles. The van der Waals surface area contributed by atoms with Gasteiger partial charge >= 0.3 is 5.97 Å². The van der Waals surface area contributed by atoms with Crippen LogP contribution in [-0.2, 0) is 4.79 Å². The van der Waals surface area contributed by atoms with Crippen LogP contribution in [-0.4, -0.2) is 47.1 Å². The van der Waals surface area contributed by atoms with Gasteiger partial charge in [-0.15, -0.1) is 0 Å². The second kappa shape index (κ2) is 8.81. The number of aromatic nitrogens is 6. The number of H-pyrrole nitrogens is 2. The monoisotopic (exact) mass is 446 g/mol. The minimum atomic E-state index is -0.735. The molecule has 4 aromatic heterocycles. The maximum absolute atomic E-state index is 11.4. The Bertz CT molecular complexity index is 1320. The minimum absolute atomic E-state index is 0.0613. The van der Waals surface area contributed by atoms with Crippen molar-refractivity contribution in [1.29, 1.82) is 0 Å². The van der Waals surface area contributed by atoms with E-state index in [1.807, 2.05) is 12.1 Å². The Hall–Kier alpha value is -4.08. The predicted octanol–water partition coefficient (Wildman–Crippen LogP) is 3.18. The van der Waals surface area contributed by atoms with Gasteiger partial charge < -0.3 is 19.8 Å².